The van der Waals surface area contributed by atoms with Crippen molar-refractivity contribution in [2.75, 3.05) is 13.6 Å². The first kappa shape index (κ1) is 14.2. The molecule has 2 heteroatoms. The molecule has 0 amide bonds. The molecule has 96 valence electrons. The number of likely N-dealkylation sites (N-methyl/N-ethyl adjacent to an activating group) is 1. The van der Waals surface area contributed by atoms with Crippen LogP contribution in [0.4, 0.5) is 0 Å². The van der Waals surface area contributed by atoms with Gasteiger partial charge in [-0.3, -0.25) is 0 Å². The molecule has 0 spiro atoms. The summed E-state index contributed by atoms with van der Waals surface area (Å²) in [5.41, 5.74) is 7.66. The number of hydrogen-bond donors (Lipinski definition) is 1. The molecule has 0 saturated carbocycles. The van der Waals surface area contributed by atoms with Crippen molar-refractivity contribution in [1.82, 2.24) is 4.90 Å². The van der Waals surface area contributed by atoms with E-state index in [4.69, 9.17) is 5.73 Å². The van der Waals surface area contributed by atoms with Crippen LogP contribution in [0.5, 0.6) is 0 Å². The Morgan fingerprint density at radius 1 is 1.18 bits per heavy atom. The Morgan fingerprint density at radius 2 is 1.76 bits per heavy atom. The highest BCUT2D eigenvalue weighted by Gasteiger charge is 2.25. The largest absolute Gasteiger partial charge is 0.323 e. The summed E-state index contributed by atoms with van der Waals surface area (Å²) in [4.78, 5) is 2.39. The van der Waals surface area contributed by atoms with E-state index in [2.05, 4.69) is 57.0 Å². The molecule has 2 atom stereocenters. The lowest BCUT2D eigenvalue weighted by Crippen LogP contribution is -2.44. The molecule has 0 aliphatic rings. The normalized spacial score (nSPS) is 15.2. The summed E-state index contributed by atoms with van der Waals surface area (Å²) in [5, 5.41) is 0. The van der Waals surface area contributed by atoms with E-state index >= 15 is 0 Å². The van der Waals surface area contributed by atoms with Gasteiger partial charge in [-0.15, -0.1) is 0 Å². The first-order valence-corrected chi connectivity index (χ1v) is 6.58. The summed E-state index contributed by atoms with van der Waals surface area (Å²) in [7, 11) is 2.18. The van der Waals surface area contributed by atoms with Crippen LogP contribution in [-0.2, 0) is 0 Å². The smallest absolute Gasteiger partial charge is 0.0455 e. The Hall–Kier alpha value is -0.860. The van der Waals surface area contributed by atoms with Crippen LogP contribution in [-0.4, -0.2) is 24.5 Å². The molecule has 2 N–H and O–H groups in total. The number of nitrogens with zero attached hydrogens (tertiary/aromatic N) is 1. The molecule has 0 heterocycles. The standard InChI is InChI=1S/C15H26N2/c1-5-11-17(4)15(12(2)3)14(16)13-9-7-6-8-10-13/h6-10,12,14-15H,5,11,16H2,1-4H3. The third-order valence-corrected chi connectivity index (χ3v) is 3.32. The minimum absolute atomic E-state index is 0.0905. The Bertz CT molecular complexity index is 308. The highest BCUT2D eigenvalue weighted by Crippen LogP contribution is 2.23. The predicted octanol–water partition coefficient (Wildman–Crippen LogP) is 3.05. The molecule has 0 aliphatic heterocycles. The second-order valence-corrected chi connectivity index (χ2v) is 5.15. The van der Waals surface area contributed by atoms with E-state index in [0.717, 1.165) is 6.54 Å². The van der Waals surface area contributed by atoms with Gasteiger partial charge in [0.2, 0.25) is 0 Å². The first-order valence-electron chi connectivity index (χ1n) is 6.58. The molecule has 2 unspecified atom stereocenters. The summed E-state index contributed by atoms with van der Waals surface area (Å²) in [5.74, 6) is 0.557. The van der Waals surface area contributed by atoms with E-state index in [1.165, 1.54) is 12.0 Å². The van der Waals surface area contributed by atoms with Gasteiger partial charge in [0.05, 0.1) is 0 Å². The van der Waals surface area contributed by atoms with Crippen LogP contribution in [0.3, 0.4) is 0 Å². The summed E-state index contributed by atoms with van der Waals surface area (Å²) in [6.45, 7) is 7.81. The maximum atomic E-state index is 6.43. The van der Waals surface area contributed by atoms with E-state index in [0.29, 0.717) is 12.0 Å². The van der Waals surface area contributed by atoms with Crippen LogP contribution in [0.15, 0.2) is 30.3 Å². The van der Waals surface area contributed by atoms with Crippen molar-refractivity contribution < 1.29 is 0 Å². The van der Waals surface area contributed by atoms with E-state index in [1.807, 2.05) is 6.07 Å². The molecule has 0 aromatic heterocycles. The summed E-state index contributed by atoms with van der Waals surface area (Å²) in [6, 6.07) is 10.9. The maximum absolute atomic E-state index is 6.43. The SMILES string of the molecule is CCCN(C)C(C(C)C)C(N)c1ccccc1. The highest BCUT2D eigenvalue weighted by atomic mass is 15.1. The van der Waals surface area contributed by atoms with Gasteiger partial charge in [0.15, 0.2) is 0 Å². The van der Waals surface area contributed by atoms with Crippen LogP contribution in [0, 0.1) is 5.92 Å². The monoisotopic (exact) mass is 234 g/mol. The van der Waals surface area contributed by atoms with Crippen molar-refractivity contribution in [2.45, 2.75) is 39.3 Å². The van der Waals surface area contributed by atoms with Crippen molar-refractivity contribution in [3.63, 3.8) is 0 Å². The van der Waals surface area contributed by atoms with Gasteiger partial charge in [0.1, 0.15) is 0 Å². The van der Waals surface area contributed by atoms with Crippen molar-refractivity contribution in [3.8, 4) is 0 Å². The van der Waals surface area contributed by atoms with Crippen LogP contribution in [0.2, 0.25) is 0 Å². The topological polar surface area (TPSA) is 29.3 Å². The zero-order valence-corrected chi connectivity index (χ0v) is 11.6. The van der Waals surface area contributed by atoms with Crippen LogP contribution < -0.4 is 5.73 Å². The Morgan fingerprint density at radius 3 is 2.24 bits per heavy atom. The Kier molecular flexibility index (Phi) is 5.66. The number of benzene rings is 1. The summed E-state index contributed by atoms with van der Waals surface area (Å²) >= 11 is 0. The third-order valence-electron chi connectivity index (χ3n) is 3.32. The number of rotatable bonds is 6. The molecule has 0 bridgehead atoms. The van der Waals surface area contributed by atoms with Gasteiger partial charge in [-0.1, -0.05) is 51.1 Å². The van der Waals surface area contributed by atoms with Gasteiger partial charge < -0.3 is 10.6 Å². The summed E-state index contributed by atoms with van der Waals surface area (Å²) < 4.78 is 0. The minimum atomic E-state index is 0.0905. The maximum Gasteiger partial charge on any atom is 0.0455 e. The van der Waals surface area contributed by atoms with Crippen LogP contribution >= 0.6 is 0 Å². The van der Waals surface area contributed by atoms with E-state index in [9.17, 15) is 0 Å². The van der Waals surface area contributed by atoms with Crippen molar-refractivity contribution in [1.29, 1.82) is 0 Å². The summed E-state index contributed by atoms with van der Waals surface area (Å²) in [6.07, 6.45) is 1.17. The highest BCUT2D eigenvalue weighted by molar-refractivity contribution is 5.20. The Labute approximate surface area is 106 Å². The van der Waals surface area contributed by atoms with E-state index < -0.39 is 0 Å². The van der Waals surface area contributed by atoms with Crippen molar-refractivity contribution in [3.05, 3.63) is 35.9 Å². The molecule has 0 radical (unpaired) electrons. The van der Waals surface area contributed by atoms with Crippen molar-refractivity contribution in [2.24, 2.45) is 11.7 Å². The van der Waals surface area contributed by atoms with Crippen LogP contribution in [0.1, 0.15) is 38.8 Å². The molecule has 0 saturated heterocycles. The number of hydrogen-bond acceptors (Lipinski definition) is 2. The fourth-order valence-corrected chi connectivity index (χ4v) is 2.57. The molecule has 1 rings (SSSR count). The lowest BCUT2D eigenvalue weighted by molar-refractivity contribution is 0.163. The third kappa shape index (κ3) is 3.83. The second kappa shape index (κ2) is 6.77. The zero-order chi connectivity index (χ0) is 12.8. The fourth-order valence-electron chi connectivity index (χ4n) is 2.57. The van der Waals surface area contributed by atoms with E-state index in [1.54, 1.807) is 0 Å². The predicted molar refractivity (Wildman–Crippen MR) is 74.9 cm³/mol. The molecule has 2 nitrogen and oxygen atoms in total. The van der Waals surface area contributed by atoms with Crippen LogP contribution in [0.25, 0.3) is 0 Å². The average molecular weight is 234 g/mol. The lowest BCUT2D eigenvalue weighted by atomic mass is 9.90. The van der Waals surface area contributed by atoms with Gasteiger partial charge in [0.25, 0.3) is 0 Å². The molecule has 1 aromatic rings. The van der Waals surface area contributed by atoms with Gasteiger partial charge in [-0.05, 0) is 31.5 Å². The molecule has 0 fully saturated rings. The first-order chi connectivity index (χ1) is 8.07. The average Bonchev–Trinajstić information content (AvgIpc) is 2.30. The number of nitrogens with two attached hydrogens (primary N) is 1. The minimum Gasteiger partial charge on any atom is -0.323 e. The quantitative estimate of drug-likeness (QED) is 0.819. The molecular weight excluding hydrogens is 208 g/mol. The Balaban J connectivity index is 2.84. The molecule has 1 aromatic carbocycles. The van der Waals surface area contributed by atoms with Gasteiger partial charge >= 0.3 is 0 Å². The molecule has 0 aliphatic carbocycles. The molecule has 17 heavy (non-hydrogen) atoms. The molecular formula is C15H26N2. The zero-order valence-electron chi connectivity index (χ0n) is 11.6. The van der Waals surface area contributed by atoms with E-state index in [-0.39, 0.29) is 6.04 Å². The lowest BCUT2D eigenvalue weighted by Gasteiger charge is -2.35. The second-order valence-electron chi connectivity index (χ2n) is 5.15. The van der Waals surface area contributed by atoms with Crippen molar-refractivity contribution >= 4 is 0 Å². The van der Waals surface area contributed by atoms with Gasteiger partial charge in [0, 0.05) is 12.1 Å². The van der Waals surface area contributed by atoms with Gasteiger partial charge in [-0.25, -0.2) is 0 Å². The fraction of sp³-hybridized carbons (Fsp3) is 0.600. The van der Waals surface area contributed by atoms with Gasteiger partial charge in [-0.2, -0.15) is 0 Å².